The van der Waals surface area contributed by atoms with Crippen LogP contribution in [0.25, 0.3) is 11.4 Å². The summed E-state index contributed by atoms with van der Waals surface area (Å²) >= 11 is 5.67. The van der Waals surface area contributed by atoms with E-state index in [1.165, 1.54) is 81.0 Å². The van der Waals surface area contributed by atoms with E-state index in [9.17, 15) is 0 Å². The number of fused-ring (bicyclic) bond motifs is 1. The zero-order valence-electron chi connectivity index (χ0n) is 16.9. The molecule has 1 aliphatic carbocycles. The van der Waals surface area contributed by atoms with Crippen molar-refractivity contribution in [3.8, 4) is 11.4 Å². The van der Waals surface area contributed by atoms with Crippen LogP contribution >= 0.6 is 12.2 Å². The van der Waals surface area contributed by atoms with Gasteiger partial charge in [-0.3, -0.25) is 0 Å². The lowest BCUT2D eigenvalue weighted by atomic mass is 9.96. The highest BCUT2D eigenvalue weighted by molar-refractivity contribution is 7.71. The van der Waals surface area contributed by atoms with E-state index >= 15 is 0 Å². The molecule has 0 atom stereocenters. The zero-order valence-corrected chi connectivity index (χ0v) is 17.7. The molecule has 0 unspecified atom stereocenters. The third-order valence-electron chi connectivity index (χ3n) is 5.75. The Morgan fingerprint density at radius 1 is 0.889 bits per heavy atom. The molecule has 1 aromatic carbocycles. The summed E-state index contributed by atoms with van der Waals surface area (Å²) in [7, 11) is 0. The maximum absolute atomic E-state index is 5.67. The van der Waals surface area contributed by atoms with Gasteiger partial charge in [-0.15, -0.1) is 0 Å². The second-order valence-corrected chi connectivity index (χ2v) is 8.25. The fourth-order valence-corrected chi connectivity index (χ4v) is 4.53. The molecule has 1 aliphatic rings. The van der Waals surface area contributed by atoms with Gasteiger partial charge in [0.05, 0.1) is 0 Å². The highest BCUT2D eigenvalue weighted by atomic mass is 32.1. The van der Waals surface area contributed by atoms with E-state index in [0.29, 0.717) is 0 Å². The Kier molecular flexibility index (Phi) is 8.07. The predicted molar refractivity (Wildman–Crippen MR) is 118 cm³/mol. The zero-order chi connectivity index (χ0) is 18.9. The molecule has 1 heterocycles. The number of hydrogen-bond donors (Lipinski definition) is 0. The normalized spacial score (nSPS) is 13.5. The van der Waals surface area contributed by atoms with Crippen LogP contribution in [0.15, 0.2) is 30.3 Å². The van der Waals surface area contributed by atoms with Crippen LogP contribution in [0.5, 0.6) is 0 Å². The van der Waals surface area contributed by atoms with E-state index in [2.05, 4.69) is 41.8 Å². The average Bonchev–Trinajstić information content (AvgIpc) is 2.72. The Labute approximate surface area is 170 Å². The van der Waals surface area contributed by atoms with Gasteiger partial charge >= 0.3 is 0 Å². The highest BCUT2D eigenvalue weighted by Crippen LogP contribution is 2.27. The number of rotatable bonds is 10. The minimum atomic E-state index is 0.829. The van der Waals surface area contributed by atoms with E-state index in [1.54, 1.807) is 0 Å². The number of unbranched alkanes of at least 4 members (excludes halogenated alkanes) is 7. The number of benzene rings is 1. The first kappa shape index (κ1) is 20.3. The van der Waals surface area contributed by atoms with Crippen LogP contribution < -0.4 is 0 Å². The summed E-state index contributed by atoms with van der Waals surface area (Å²) in [5, 5.41) is 0. The van der Waals surface area contributed by atoms with Crippen LogP contribution in [-0.2, 0) is 19.4 Å². The number of nitrogens with zero attached hydrogens (tertiary/aromatic N) is 2. The molecule has 1 aromatic heterocycles. The monoisotopic (exact) mass is 382 g/mol. The van der Waals surface area contributed by atoms with Gasteiger partial charge in [-0.25, -0.2) is 4.98 Å². The molecule has 3 heteroatoms. The molecule has 0 saturated heterocycles. The largest absolute Gasteiger partial charge is 0.329 e. The van der Waals surface area contributed by atoms with Crippen molar-refractivity contribution >= 4 is 12.2 Å². The van der Waals surface area contributed by atoms with Crippen LogP contribution in [0.4, 0.5) is 0 Å². The van der Waals surface area contributed by atoms with Gasteiger partial charge in [-0.1, -0.05) is 94.4 Å². The first-order valence-corrected chi connectivity index (χ1v) is 11.4. The van der Waals surface area contributed by atoms with Crippen LogP contribution in [0, 0.1) is 4.64 Å². The summed E-state index contributed by atoms with van der Waals surface area (Å²) in [6.45, 7) is 3.36. The van der Waals surface area contributed by atoms with Crippen LogP contribution in [0.1, 0.15) is 82.4 Å². The fraction of sp³-hybridized carbons (Fsp3) is 0.583. The molecule has 0 bridgehead atoms. The minimum absolute atomic E-state index is 0.829. The van der Waals surface area contributed by atoms with Gasteiger partial charge in [0, 0.05) is 23.4 Å². The molecule has 27 heavy (non-hydrogen) atoms. The van der Waals surface area contributed by atoms with Crippen molar-refractivity contribution in [2.75, 3.05) is 0 Å². The maximum Gasteiger partial charge on any atom is 0.141 e. The predicted octanol–water partition coefficient (Wildman–Crippen LogP) is 7.30. The van der Waals surface area contributed by atoms with Crippen molar-refractivity contribution < 1.29 is 0 Å². The molecule has 0 amide bonds. The van der Waals surface area contributed by atoms with Gasteiger partial charge in [-0.05, 0) is 32.1 Å². The molecule has 3 rings (SSSR count). The van der Waals surface area contributed by atoms with Crippen molar-refractivity contribution in [1.29, 1.82) is 0 Å². The van der Waals surface area contributed by atoms with Crippen LogP contribution in [0.3, 0.4) is 0 Å². The molecule has 0 radical (unpaired) electrons. The summed E-state index contributed by atoms with van der Waals surface area (Å²) in [4.78, 5) is 4.88. The van der Waals surface area contributed by atoms with Gasteiger partial charge in [0.15, 0.2) is 0 Å². The van der Waals surface area contributed by atoms with Crippen molar-refractivity contribution in [3.05, 3.63) is 46.2 Å². The second kappa shape index (κ2) is 10.8. The summed E-state index contributed by atoms with van der Waals surface area (Å²) in [5.41, 5.74) is 4.00. The van der Waals surface area contributed by atoms with E-state index in [1.807, 2.05) is 0 Å². The summed E-state index contributed by atoms with van der Waals surface area (Å²) in [6.07, 6.45) is 15.6. The lowest BCUT2D eigenvalue weighted by Gasteiger charge is -2.24. The van der Waals surface area contributed by atoms with Crippen molar-refractivity contribution in [1.82, 2.24) is 9.55 Å². The minimum Gasteiger partial charge on any atom is -0.329 e. The smallest absolute Gasteiger partial charge is 0.141 e. The lowest BCUT2D eigenvalue weighted by molar-refractivity contribution is 0.519. The number of aromatic nitrogens is 2. The first-order chi connectivity index (χ1) is 13.3. The number of hydrogen-bond acceptors (Lipinski definition) is 2. The molecular weight excluding hydrogens is 348 g/mol. The topological polar surface area (TPSA) is 17.8 Å². The lowest BCUT2D eigenvalue weighted by Crippen LogP contribution is -2.18. The first-order valence-electron chi connectivity index (χ1n) is 11.0. The molecule has 0 spiro atoms. The third kappa shape index (κ3) is 5.51. The molecule has 0 fully saturated rings. The Hall–Kier alpha value is -1.48. The van der Waals surface area contributed by atoms with E-state index in [-0.39, 0.29) is 0 Å². The van der Waals surface area contributed by atoms with Crippen LogP contribution in [0.2, 0.25) is 0 Å². The highest BCUT2D eigenvalue weighted by Gasteiger charge is 2.18. The van der Waals surface area contributed by atoms with Gasteiger partial charge in [0.25, 0.3) is 0 Å². The Morgan fingerprint density at radius 2 is 1.56 bits per heavy atom. The summed E-state index contributed by atoms with van der Waals surface area (Å²) in [6, 6.07) is 10.6. The Morgan fingerprint density at radius 3 is 2.30 bits per heavy atom. The molecule has 0 aliphatic heterocycles. The Balaban J connectivity index is 1.71. The van der Waals surface area contributed by atoms with Gasteiger partial charge < -0.3 is 4.57 Å². The van der Waals surface area contributed by atoms with E-state index < -0.39 is 0 Å². The summed E-state index contributed by atoms with van der Waals surface area (Å²) in [5.74, 6) is 1.07. The Bertz CT molecular complexity index is 764. The SMILES string of the molecule is CCCCCCCCCCn1c(-c2ccccc2)nc(=S)c2c1CCCC2. The van der Waals surface area contributed by atoms with Crippen LogP contribution in [-0.4, -0.2) is 9.55 Å². The van der Waals surface area contributed by atoms with E-state index in [0.717, 1.165) is 29.9 Å². The molecule has 2 aromatic rings. The third-order valence-corrected chi connectivity index (χ3v) is 6.09. The quantitative estimate of drug-likeness (QED) is 0.317. The van der Waals surface area contributed by atoms with Gasteiger partial charge in [0.2, 0.25) is 0 Å². The molecule has 2 nitrogen and oxygen atoms in total. The van der Waals surface area contributed by atoms with E-state index in [4.69, 9.17) is 17.2 Å². The van der Waals surface area contributed by atoms with Crippen molar-refractivity contribution in [3.63, 3.8) is 0 Å². The molecular formula is C24H34N2S. The maximum atomic E-state index is 5.67. The van der Waals surface area contributed by atoms with Gasteiger partial charge in [-0.2, -0.15) is 0 Å². The van der Waals surface area contributed by atoms with Gasteiger partial charge in [0.1, 0.15) is 10.5 Å². The molecule has 0 saturated carbocycles. The fourth-order valence-electron chi connectivity index (χ4n) is 4.22. The molecule has 146 valence electrons. The standard InChI is InChI=1S/C24H34N2S/c1-2-3-4-5-6-7-8-14-19-26-22-18-13-12-17-21(22)24(27)25-23(26)20-15-10-9-11-16-20/h9-11,15-16H,2-8,12-14,17-19H2,1H3. The van der Waals surface area contributed by atoms with Crippen molar-refractivity contribution in [2.45, 2.75) is 90.5 Å². The second-order valence-electron chi connectivity index (χ2n) is 7.87. The average molecular weight is 383 g/mol. The molecule has 0 N–H and O–H groups in total. The summed E-state index contributed by atoms with van der Waals surface area (Å²) < 4.78 is 3.33. The van der Waals surface area contributed by atoms with Crippen molar-refractivity contribution in [2.24, 2.45) is 0 Å².